The van der Waals surface area contributed by atoms with E-state index >= 15 is 0 Å². The van der Waals surface area contributed by atoms with E-state index in [1.165, 1.54) is 11.3 Å². The summed E-state index contributed by atoms with van der Waals surface area (Å²) >= 11 is 0. The zero-order valence-corrected chi connectivity index (χ0v) is 29.3. The van der Waals surface area contributed by atoms with Gasteiger partial charge in [0.1, 0.15) is 6.04 Å². The largest absolute Gasteiger partial charge is 0.480 e. The number of aryl methyl sites for hydroxylation is 1. The number of carbonyl (C=O) groups excluding carboxylic acids is 3. The molecule has 1 unspecified atom stereocenters. The van der Waals surface area contributed by atoms with Gasteiger partial charge in [-0.15, -0.1) is 0 Å². The normalized spacial score (nSPS) is 15.2. The van der Waals surface area contributed by atoms with Crippen LogP contribution in [0.4, 0.5) is 39.5 Å². The van der Waals surface area contributed by atoms with Gasteiger partial charge in [0.2, 0.25) is 6.29 Å². The number of Topliss-reactive ketones (excluding diaryl/α,β-unsaturated/α-hetero) is 2. The highest BCUT2D eigenvalue weighted by Crippen LogP contribution is 2.30. The molecule has 298 valence electrons. The van der Waals surface area contributed by atoms with Crippen molar-refractivity contribution in [2.24, 2.45) is 0 Å². The van der Waals surface area contributed by atoms with E-state index in [4.69, 9.17) is 9.89 Å². The molecule has 2 atom stereocenters. The lowest BCUT2D eigenvalue weighted by atomic mass is 9.92. The van der Waals surface area contributed by atoms with Gasteiger partial charge in [-0.05, 0) is 69.4 Å². The molecule has 1 aliphatic heterocycles. The average molecular weight is 781 g/mol. The molecule has 0 bridgehead atoms. The Morgan fingerprint density at radius 3 is 1.80 bits per heavy atom. The third-order valence-corrected chi connectivity index (χ3v) is 8.29. The second-order valence-corrected chi connectivity index (χ2v) is 12.2. The summed E-state index contributed by atoms with van der Waals surface area (Å²) in [6.07, 6.45) is -12.6. The molecule has 1 aliphatic rings. The number of aromatic nitrogens is 2. The number of likely N-dealkylation sites (tertiary alicyclic amines) is 1. The molecule has 0 spiro atoms. The molecule has 3 aromatic rings. The second-order valence-electron chi connectivity index (χ2n) is 12.2. The molecule has 0 amide bonds. The Labute approximate surface area is 305 Å². The molecule has 2 aromatic carbocycles. The number of carboxylic acid groups (broad SMARTS) is 1. The third-order valence-electron chi connectivity index (χ3n) is 8.29. The number of halogens is 9. The molecule has 2 heterocycles. The third kappa shape index (κ3) is 15.4. The monoisotopic (exact) mass is 780 g/mol. The number of aldehydes is 1. The predicted molar refractivity (Wildman–Crippen MR) is 178 cm³/mol. The van der Waals surface area contributed by atoms with Crippen molar-refractivity contribution in [3.05, 3.63) is 89.2 Å². The van der Waals surface area contributed by atoms with E-state index in [9.17, 15) is 59.0 Å². The van der Waals surface area contributed by atoms with E-state index in [1.54, 1.807) is 0 Å². The van der Waals surface area contributed by atoms with Crippen molar-refractivity contribution in [2.45, 2.75) is 89.0 Å². The minimum absolute atomic E-state index is 0.0343. The summed E-state index contributed by atoms with van der Waals surface area (Å²) in [5, 5.41) is 17.9. The van der Waals surface area contributed by atoms with Gasteiger partial charge in [0.15, 0.2) is 0 Å². The van der Waals surface area contributed by atoms with E-state index < -0.39 is 48.4 Å². The van der Waals surface area contributed by atoms with Crippen molar-refractivity contribution in [1.29, 1.82) is 0 Å². The summed E-state index contributed by atoms with van der Waals surface area (Å²) in [6.45, 7) is 8.08. The molecule has 1 aromatic heterocycles. The van der Waals surface area contributed by atoms with Gasteiger partial charge in [0, 0.05) is 30.6 Å². The molecule has 1 fully saturated rings. The van der Waals surface area contributed by atoms with Gasteiger partial charge in [-0.1, -0.05) is 67.6 Å². The van der Waals surface area contributed by atoms with Crippen LogP contribution in [0, 0.1) is 0 Å². The van der Waals surface area contributed by atoms with Crippen LogP contribution >= 0.6 is 0 Å². The van der Waals surface area contributed by atoms with Crippen molar-refractivity contribution >= 4 is 23.8 Å². The number of hydrogen-bond acceptors (Lipinski definition) is 7. The van der Waals surface area contributed by atoms with Gasteiger partial charge in [0.05, 0.1) is 5.69 Å². The fraction of sp³-hybridized carbons (Fsp3) is 0.472. The van der Waals surface area contributed by atoms with Gasteiger partial charge in [-0.2, -0.15) is 44.6 Å². The van der Waals surface area contributed by atoms with Gasteiger partial charge in [-0.25, -0.2) is 0 Å². The first-order chi connectivity index (χ1) is 25.2. The van der Waals surface area contributed by atoms with Gasteiger partial charge < -0.3 is 10.0 Å². The summed E-state index contributed by atoms with van der Waals surface area (Å²) in [4.78, 5) is 42.1. The number of nitrogens with one attached hydrogen (secondary N) is 1. The number of alkyl halides is 9. The molecule has 18 heteroatoms. The maximum atomic E-state index is 11.7. The molecule has 0 radical (unpaired) electrons. The average Bonchev–Trinajstić information content (AvgIpc) is 3.54. The van der Waals surface area contributed by atoms with Crippen molar-refractivity contribution in [3.8, 4) is 0 Å². The van der Waals surface area contributed by atoms with E-state index in [1.807, 2.05) is 25.1 Å². The highest BCUT2D eigenvalue weighted by molar-refractivity contribution is 6.41. The maximum absolute atomic E-state index is 11.7. The molecule has 0 saturated carbocycles. The fourth-order valence-electron chi connectivity index (χ4n) is 5.62. The Balaban J connectivity index is 0.000000464. The van der Waals surface area contributed by atoms with Crippen molar-refractivity contribution in [3.63, 3.8) is 0 Å². The predicted octanol–water partition coefficient (Wildman–Crippen LogP) is 7.25. The van der Waals surface area contributed by atoms with Gasteiger partial charge >= 0.3 is 36.1 Å². The number of rotatable bonds is 13. The summed E-state index contributed by atoms with van der Waals surface area (Å²) in [5.74, 6) is -7.05. The van der Waals surface area contributed by atoms with E-state index in [0.29, 0.717) is 12.3 Å². The van der Waals surface area contributed by atoms with Crippen LogP contribution in [0.25, 0.3) is 0 Å². The molecule has 2 N–H and O–H groups in total. The molecule has 4 rings (SSSR count). The zero-order valence-electron chi connectivity index (χ0n) is 29.3. The molecule has 9 nitrogen and oxygen atoms in total. The minimum Gasteiger partial charge on any atom is -0.480 e. The number of hydrogen-bond donors (Lipinski definition) is 2. The molecule has 0 aliphatic carbocycles. The number of benzene rings is 2. The topological polar surface area (TPSA) is 122 Å². The zero-order chi connectivity index (χ0) is 40.7. The number of aliphatic carboxylic acids is 1. The highest BCUT2D eigenvalue weighted by Gasteiger charge is 2.54. The lowest BCUT2D eigenvalue weighted by molar-refractivity contribution is -0.193. The Bertz CT molecular complexity index is 1600. The lowest BCUT2D eigenvalue weighted by Crippen LogP contribution is -2.41. The molecular formula is C36H41F9N4O5. The first-order valence-electron chi connectivity index (χ1n) is 16.8. The van der Waals surface area contributed by atoms with Crippen LogP contribution in [0.2, 0.25) is 0 Å². The quantitative estimate of drug-likeness (QED) is 0.106. The van der Waals surface area contributed by atoms with E-state index in [2.05, 4.69) is 70.4 Å². The molecule has 54 heavy (non-hydrogen) atoms. The SMILES string of the molecule is CCC(N[C@@H](CCN1CCC(c2cc(Cc3ccccc3)nn2CC)CC1)c1ccccc1)C(=O)O.O=C(C(=O)C(F)(F)F)C(F)(F)F.O=CC(F)(F)F. The summed E-state index contributed by atoms with van der Waals surface area (Å²) < 4.78 is 100. The Hall–Kier alpha value is -4.58. The maximum Gasteiger partial charge on any atom is 0.458 e. The Morgan fingerprint density at radius 2 is 1.37 bits per heavy atom. The number of ketones is 2. The van der Waals surface area contributed by atoms with Crippen LogP contribution in [0.5, 0.6) is 0 Å². The number of piperidine rings is 1. The summed E-state index contributed by atoms with van der Waals surface area (Å²) in [7, 11) is 0. The van der Waals surface area contributed by atoms with Gasteiger partial charge in [0.25, 0.3) is 0 Å². The lowest BCUT2D eigenvalue weighted by Gasteiger charge is -2.33. The Kier molecular flexibility index (Phi) is 17.5. The number of nitrogens with zero attached hydrogens (tertiary/aromatic N) is 3. The fourth-order valence-corrected chi connectivity index (χ4v) is 5.62. The standard InChI is InChI=1S/C30H40N4O2.C4F6O2.C2HF3O/c1-3-27(30(35)36)31-28(24-13-9-6-10-14-24)17-20-33-18-15-25(16-19-33)29-22-26(32-34(29)4-2)21-23-11-7-5-8-12-23;5-3(6,7)1(11)2(12)4(8,9)10;3-2(4,5)1-6/h5-14,22,25,27-28,31H,3-4,15-21H2,1-2H3,(H,35,36);;1H/t27?,28-;;/m0../s1. The van der Waals surface area contributed by atoms with Gasteiger partial charge in [-0.3, -0.25) is 29.2 Å². The van der Waals surface area contributed by atoms with Crippen LogP contribution in [-0.4, -0.2) is 87.8 Å². The molecular weight excluding hydrogens is 739 g/mol. The minimum atomic E-state index is -5.77. The van der Waals surface area contributed by atoms with Crippen LogP contribution < -0.4 is 5.32 Å². The Morgan fingerprint density at radius 1 is 0.870 bits per heavy atom. The van der Waals surface area contributed by atoms with E-state index in [-0.39, 0.29) is 6.04 Å². The second kappa shape index (κ2) is 20.8. The first kappa shape index (κ1) is 45.6. The van der Waals surface area contributed by atoms with Crippen molar-refractivity contribution in [1.82, 2.24) is 20.0 Å². The number of carbonyl (C=O) groups is 4. The van der Waals surface area contributed by atoms with Crippen LogP contribution in [0.15, 0.2) is 66.7 Å². The first-order valence-corrected chi connectivity index (χ1v) is 16.8. The number of carboxylic acids is 1. The van der Waals surface area contributed by atoms with Crippen molar-refractivity contribution < 1.29 is 63.8 Å². The van der Waals surface area contributed by atoms with E-state index in [0.717, 1.165) is 63.1 Å². The van der Waals surface area contributed by atoms with Crippen LogP contribution in [-0.2, 0) is 32.1 Å². The smallest absolute Gasteiger partial charge is 0.458 e. The summed E-state index contributed by atoms with van der Waals surface area (Å²) in [6, 6.07) is 22.6. The summed E-state index contributed by atoms with van der Waals surface area (Å²) in [5.41, 5.74) is 4.99. The van der Waals surface area contributed by atoms with Crippen LogP contribution in [0.3, 0.4) is 0 Å². The molecule has 1 saturated heterocycles. The van der Waals surface area contributed by atoms with Crippen LogP contribution in [0.1, 0.15) is 74.0 Å². The van der Waals surface area contributed by atoms with Crippen molar-refractivity contribution in [2.75, 3.05) is 19.6 Å². The highest BCUT2D eigenvalue weighted by atomic mass is 19.4.